The van der Waals surface area contributed by atoms with Crippen LogP contribution in [0.4, 0.5) is 0 Å². The number of rotatable bonds is 4. The number of fused-ring (bicyclic) bond motifs is 2. The first-order valence-electron chi connectivity index (χ1n) is 10.5. The van der Waals surface area contributed by atoms with E-state index in [-0.39, 0.29) is 23.9 Å². The molecule has 4 nitrogen and oxygen atoms in total. The van der Waals surface area contributed by atoms with E-state index >= 15 is 0 Å². The molecule has 1 aliphatic rings. The van der Waals surface area contributed by atoms with E-state index in [1.54, 1.807) is 0 Å². The second kappa shape index (κ2) is 9.02. The Kier molecular flexibility index (Phi) is 6.12. The molecule has 0 aliphatic heterocycles. The van der Waals surface area contributed by atoms with Crippen LogP contribution in [-0.4, -0.2) is 23.9 Å². The minimum Gasteiger partial charge on any atom is -0.346 e. The molecular formula is C24H20Cl2N2O2S2. The maximum atomic E-state index is 13.1. The molecule has 164 valence electrons. The monoisotopic (exact) mass is 502 g/mol. The number of halogens is 2. The summed E-state index contributed by atoms with van der Waals surface area (Å²) in [5.74, 6) is -0.385. The maximum absolute atomic E-state index is 13.1. The fourth-order valence-electron chi connectivity index (χ4n) is 4.26. The molecule has 1 fully saturated rings. The molecule has 1 saturated carbocycles. The van der Waals surface area contributed by atoms with Gasteiger partial charge >= 0.3 is 0 Å². The van der Waals surface area contributed by atoms with Gasteiger partial charge in [0, 0.05) is 32.3 Å². The van der Waals surface area contributed by atoms with Gasteiger partial charge in [-0.1, -0.05) is 72.4 Å². The minimum absolute atomic E-state index is 0.158. The largest absolute Gasteiger partial charge is 0.346 e. The van der Waals surface area contributed by atoms with Gasteiger partial charge < -0.3 is 10.6 Å². The average Bonchev–Trinajstić information content (AvgIpc) is 3.33. The van der Waals surface area contributed by atoms with Crippen LogP contribution in [0.2, 0.25) is 10.0 Å². The predicted octanol–water partition coefficient (Wildman–Crippen LogP) is 6.89. The molecular weight excluding hydrogens is 483 g/mol. The number of thiophene rings is 2. The van der Waals surface area contributed by atoms with E-state index in [0.29, 0.717) is 19.8 Å². The van der Waals surface area contributed by atoms with E-state index in [0.717, 1.165) is 45.9 Å². The van der Waals surface area contributed by atoms with E-state index in [1.807, 2.05) is 48.5 Å². The minimum atomic E-state index is -0.192. The highest BCUT2D eigenvalue weighted by atomic mass is 35.5. The Bertz CT molecular complexity index is 1230. The van der Waals surface area contributed by atoms with E-state index in [9.17, 15) is 9.59 Å². The maximum Gasteiger partial charge on any atom is 0.263 e. The number of hydrogen-bond acceptors (Lipinski definition) is 4. The van der Waals surface area contributed by atoms with E-state index < -0.39 is 0 Å². The zero-order valence-corrected chi connectivity index (χ0v) is 20.1. The Morgan fingerprint density at radius 3 is 1.53 bits per heavy atom. The molecule has 2 aromatic heterocycles. The number of benzene rings is 2. The van der Waals surface area contributed by atoms with Gasteiger partial charge in [-0.05, 0) is 25.0 Å². The topological polar surface area (TPSA) is 58.2 Å². The average molecular weight is 503 g/mol. The summed E-state index contributed by atoms with van der Waals surface area (Å²) in [6.45, 7) is 0. The molecule has 2 N–H and O–H groups in total. The second-order valence-corrected chi connectivity index (χ2v) is 10.8. The third kappa shape index (κ3) is 4.01. The smallest absolute Gasteiger partial charge is 0.263 e. The van der Waals surface area contributed by atoms with Gasteiger partial charge in [-0.25, -0.2) is 0 Å². The SMILES string of the molecule is O=C(N[C@H]1CCCC[C@@H]1NC(=O)c1sc2ccccc2c1Cl)c1sc2ccccc2c1Cl. The van der Waals surface area contributed by atoms with Gasteiger partial charge in [0.05, 0.1) is 10.0 Å². The Morgan fingerprint density at radius 1 is 0.719 bits per heavy atom. The number of carbonyl (C=O) groups excluding carboxylic acids is 2. The zero-order valence-electron chi connectivity index (χ0n) is 17.0. The summed E-state index contributed by atoms with van der Waals surface area (Å²) in [5, 5.41) is 8.99. The van der Waals surface area contributed by atoms with E-state index in [4.69, 9.17) is 23.2 Å². The van der Waals surface area contributed by atoms with Crippen LogP contribution in [0.15, 0.2) is 48.5 Å². The number of nitrogens with one attached hydrogen (secondary N) is 2. The summed E-state index contributed by atoms with van der Waals surface area (Å²) in [7, 11) is 0. The Balaban J connectivity index is 1.34. The highest BCUT2D eigenvalue weighted by molar-refractivity contribution is 7.22. The van der Waals surface area contributed by atoms with Gasteiger partial charge in [-0.3, -0.25) is 9.59 Å². The van der Waals surface area contributed by atoms with Crippen molar-refractivity contribution in [1.82, 2.24) is 10.6 Å². The van der Waals surface area contributed by atoms with Crippen LogP contribution in [0.25, 0.3) is 20.2 Å². The second-order valence-electron chi connectivity index (χ2n) is 7.93. The molecule has 0 radical (unpaired) electrons. The van der Waals surface area contributed by atoms with Gasteiger partial charge in [0.2, 0.25) is 0 Å². The van der Waals surface area contributed by atoms with Gasteiger partial charge in [0.1, 0.15) is 9.75 Å². The van der Waals surface area contributed by atoms with Gasteiger partial charge in [0.15, 0.2) is 0 Å². The van der Waals surface area contributed by atoms with Crippen molar-refractivity contribution >= 4 is 77.9 Å². The van der Waals surface area contributed by atoms with Crippen LogP contribution in [-0.2, 0) is 0 Å². The van der Waals surface area contributed by atoms with Crippen molar-refractivity contribution in [2.24, 2.45) is 0 Å². The normalized spacial score (nSPS) is 18.7. The number of amides is 2. The van der Waals surface area contributed by atoms with Crippen molar-refractivity contribution in [2.75, 3.05) is 0 Å². The molecule has 2 aromatic carbocycles. The summed E-state index contributed by atoms with van der Waals surface area (Å²) in [4.78, 5) is 27.1. The number of hydrogen-bond donors (Lipinski definition) is 2. The highest BCUT2D eigenvalue weighted by Gasteiger charge is 2.30. The first-order valence-corrected chi connectivity index (χ1v) is 12.9. The molecule has 32 heavy (non-hydrogen) atoms. The van der Waals surface area contributed by atoms with Gasteiger partial charge in [-0.15, -0.1) is 22.7 Å². The molecule has 0 saturated heterocycles. The van der Waals surface area contributed by atoms with Crippen molar-refractivity contribution in [3.8, 4) is 0 Å². The Hall–Kier alpha value is -2.12. The van der Waals surface area contributed by atoms with Crippen molar-refractivity contribution < 1.29 is 9.59 Å². The molecule has 1 aliphatic carbocycles. The highest BCUT2D eigenvalue weighted by Crippen LogP contribution is 2.36. The van der Waals surface area contributed by atoms with E-state index in [1.165, 1.54) is 22.7 Å². The van der Waals surface area contributed by atoms with Gasteiger partial charge in [0.25, 0.3) is 11.8 Å². The van der Waals surface area contributed by atoms with Crippen molar-refractivity contribution in [1.29, 1.82) is 0 Å². The third-order valence-electron chi connectivity index (χ3n) is 5.88. The van der Waals surface area contributed by atoms with Crippen molar-refractivity contribution in [3.63, 3.8) is 0 Å². The van der Waals surface area contributed by atoms with Crippen molar-refractivity contribution in [2.45, 2.75) is 37.8 Å². The molecule has 5 rings (SSSR count). The quantitative estimate of drug-likeness (QED) is 0.319. The fraction of sp³-hybridized carbons (Fsp3) is 0.250. The Morgan fingerprint density at radius 2 is 1.12 bits per heavy atom. The van der Waals surface area contributed by atoms with Crippen LogP contribution in [0.5, 0.6) is 0 Å². The molecule has 4 aromatic rings. The summed E-state index contributed by atoms with van der Waals surface area (Å²) in [6, 6.07) is 15.1. The van der Waals surface area contributed by atoms with Crippen LogP contribution in [0.1, 0.15) is 45.0 Å². The molecule has 8 heteroatoms. The van der Waals surface area contributed by atoms with Crippen molar-refractivity contribution in [3.05, 3.63) is 68.3 Å². The molecule has 2 amide bonds. The summed E-state index contributed by atoms with van der Waals surface area (Å²) in [6.07, 6.45) is 3.61. The van der Waals surface area contributed by atoms with Crippen LogP contribution in [0, 0.1) is 0 Å². The molecule has 0 unspecified atom stereocenters. The predicted molar refractivity (Wildman–Crippen MR) is 135 cm³/mol. The van der Waals surface area contributed by atoms with Crippen LogP contribution in [0.3, 0.4) is 0 Å². The number of carbonyl (C=O) groups is 2. The fourth-order valence-corrected chi connectivity index (χ4v) is 7.10. The standard InChI is InChI=1S/C24H20Cl2N2O2S2/c25-19-13-7-1-5-11-17(13)31-21(19)23(29)27-15-9-3-4-10-16(15)28-24(30)22-20(26)14-8-2-6-12-18(14)32-22/h1-2,5-8,11-12,15-16H,3-4,9-10H2,(H,27,29)(H,28,30)/t15-,16-/m0/s1. The van der Waals surface area contributed by atoms with Crippen LogP contribution >= 0.6 is 45.9 Å². The summed E-state index contributed by atoms with van der Waals surface area (Å²) >= 11 is 15.8. The lowest BCUT2D eigenvalue weighted by molar-refractivity contribution is 0.0867. The van der Waals surface area contributed by atoms with Crippen LogP contribution < -0.4 is 10.6 Å². The summed E-state index contributed by atoms with van der Waals surface area (Å²) < 4.78 is 1.96. The molecule has 2 atom stereocenters. The lowest BCUT2D eigenvalue weighted by Crippen LogP contribution is -2.53. The lowest BCUT2D eigenvalue weighted by atomic mass is 9.90. The molecule has 0 spiro atoms. The molecule has 2 heterocycles. The Labute approximate surface area is 203 Å². The third-order valence-corrected chi connectivity index (χ3v) is 9.23. The zero-order chi connectivity index (χ0) is 22.2. The summed E-state index contributed by atoms with van der Waals surface area (Å²) in [5.41, 5.74) is 0. The van der Waals surface area contributed by atoms with E-state index in [2.05, 4.69) is 10.6 Å². The first-order chi connectivity index (χ1) is 15.5. The first kappa shape index (κ1) is 21.7. The molecule has 0 bridgehead atoms. The van der Waals surface area contributed by atoms with Gasteiger partial charge in [-0.2, -0.15) is 0 Å². The lowest BCUT2D eigenvalue weighted by Gasteiger charge is -2.32.